The van der Waals surface area contributed by atoms with Crippen LogP contribution >= 0.6 is 0 Å². The van der Waals surface area contributed by atoms with Crippen molar-refractivity contribution >= 4 is 34.1 Å². The maximum Gasteiger partial charge on any atom is 0.239 e. The van der Waals surface area contributed by atoms with E-state index in [2.05, 4.69) is 15.6 Å². The van der Waals surface area contributed by atoms with E-state index >= 15 is 0 Å². The van der Waals surface area contributed by atoms with Crippen LogP contribution in [0.3, 0.4) is 0 Å². The van der Waals surface area contributed by atoms with E-state index in [1.165, 1.54) is 0 Å². The molecule has 0 unspecified atom stereocenters. The third kappa shape index (κ3) is 3.67. The summed E-state index contributed by atoms with van der Waals surface area (Å²) in [5.41, 5.74) is 2.68. The number of fused-ring (bicyclic) bond motifs is 1. The summed E-state index contributed by atoms with van der Waals surface area (Å²) >= 11 is 0. The molecule has 2 aromatic carbocycles. The number of aromatic nitrogens is 1. The second-order valence-electron chi connectivity index (χ2n) is 7.18. The highest BCUT2D eigenvalue weighted by atomic mass is 16.2. The molecule has 27 heavy (non-hydrogen) atoms. The fourth-order valence-electron chi connectivity index (χ4n) is 2.87. The van der Waals surface area contributed by atoms with Gasteiger partial charge in [-0.15, -0.1) is 0 Å². The van der Waals surface area contributed by atoms with Crippen molar-refractivity contribution in [2.75, 3.05) is 10.6 Å². The highest BCUT2D eigenvalue weighted by Gasteiger charge is 2.36. The molecular weight excluding hydrogens is 338 g/mol. The normalized spacial score (nSPS) is 11.3. The highest BCUT2D eigenvalue weighted by molar-refractivity contribution is 6.15. The minimum atomic E-state index is -1.26. The average Bonchev–Trinajstić information content (AvgIpc) is 2.65. The van der Waals surface area contributed by atoms with Gasteiger partial charge >= 0.3 is 0 Å². The van der Waals surface area contributed by atoms with Gasteiger partial charge in [0.15, 0.2) is 0 Å². The molecule has 138 valence electrons. The van der Waals surface area contributed by atoms with Crippen molar-refractivity contribution in [3.8, 4) is 0 Å². The Morgan fingerprint density at radius 1 is 0.852 bits per heavy atom. The summed E-state index contributed by atoms with van der Waals surface area (Å²) in [7, 11) is 0. The van der Waals surface area contributed by atoms with Crippen LogP contribution in [0, 0.1) is 19.3 Å². The Morgan fingerprint density at radius 2 is 1.44 bits per heavy atom. The van der Waals surface area contributed by atoms with Crippen LogP contribution in [0.5, 0.6) is 0 Å². The molecule has 3 aromatic rings. The van der Waals surface area contributed by atoms with Crippen LogP contribution in [0.1, 0.15) is 25.0 Å². The van der Waals surface area contributed by atoms with E-state index < -0.39 is 5.41 Å². The first-order valence-electron chi connectivity index (χ1n) is 8.83. The first-order valence-corrected chi connectivity index (χ1v) is 8.83. The lowest BCUT2D eigenvalue weighted by atomic mass is 9.90. The lowest BCUT2D eigenvalue weighted by Crippen LogP contribution is -2.41. The van der Waals surface area contributed by atoms with Crippen LogP contribution in [0.15, 0.2) is 54.7 Å². The summed E-state index contributed by atoms with van der Waals surface area (Å²) in [6.45, 7) is 7.09. The average molecular weight is 361 g/mol. The largest absolute Gasteiger partial charge is 0.325 e. The van der Waals surface area contributed by atoms with Gasteiger partial charge in [0.2, 0.25) is 11.8 Å². The maximum absolute atomic E-state index is 12.9. The summed E-state index contributed by atoms with van der Waals surface area (Å²) in [6, 6.07) is 15.1. The Hall–Kier alpha value is -3.21. The molecule has 0 aliphatic heterocycles. The van der Waals surface area contributed by atoms with Gasteiger partial charge in [-0.2, -0.15) is 0 Å². The second kappa shape index (κ2) is 7.19. The van der Waals surface area contributed by atoms with Gasteiger partial charge in [-0.1, -0.05) is 36.4 Å². The van der Waals surface area contributed by atoms with Crippen molar-refractivity contribution in [1.82, 2.24) is 4.98 Å². The lowest BCUT2D eigenvalue weighted by molar-refractivity contribution is -0.135. The Morgan fingerprint density at radius 3 is 2.15 bits per heavy atom. The SMILES string of the molecule is Cc1cccc(C)c1NC(=O)C(C)(C)C(=O)Nc1cccc2cccnc12. The molecular formula is C22H23N3O2. The minimum absolute atomic E-state index is 0.356. The molecule has 2 amide bonds. The van der Waals surface area contributed by atoms with Crippen LogP contribution in [-0.2, 0) is 9.59 Å². The lowest BCUT2D eigenvalue weighted by Gasteiger charge is -2.24. The van der Waals surface area contributed by atoms with Gasteiger partial charge in [0.05, 0.1) is 11.2 Å². The van der Waals surface area contributed by atoms with Crippen molar-refractivity contribution in [2.45, 2.75) is 27.7 Å². The molecule has 0 fully saturated rings. The number of rotatable bonds is 4. The quantitative estimate of drug-likeness (QED) is 0.674. The maximum atomic E-state index is 12.9. The molecule has 2 N–H and O–H groups in total. The first kappa shape index (κ1) is 18.6. The van der Waals surface area contributed by atoms with Crippen molar-refractivity contribution < 1.29 is 9.59 Å². The van der Waals surface area contributed by atoms with Crippen LogP contribution in [0.25, 0.3) is 10.9 Å². The fraction of sp³-hybridized carbons (Fsp3) is 0.227. The van der Waals surface area contributed by atoms with E-state index in [0.717, 1.165) is 22.2 Å². The molecule has 0 aliphatic rings. The fourth-order valence-corrected chi connectivity index (χ4v) is 2.87. The highest BCUT2D eigenvalue weighted by Crippen LogP contribution is 2.27. The van der Waals surface area contributed by atoms with E-state index in [-0.39, 0.29) is 11.8 Å². The molecule has 0 radical (unpaired) electrons. The van der Waals surface area contributed by atoms with Gasteiger partial charge in [0.1, 0.15) is 5.41 Å². The molecule has 3 rings (SSSR count). The number of hydrogen-bond donors (Lipinski definition) is 2. The number of pyridine rings is 1. The summed E-state index contributed by atoms with van der Waals surface area (Å²) in [5.74, 6) is -0.741. The van der Waals surface area contributed by atoms with Gasteiger partial charge in [0, 0.05) is 17.3 Å². The van der Waals surface area contributed by atoms with Crippen molar-refractivity contribution in [3.05, 3.63) is 65.9 Å². The third-order valence-electron chi connectivity index (χ3n) is 4.74. The zero-order valence-corrected chi connectivity index (χ0v) is 16.0. The van der Waals surface area contributed by atoms with Gasteiger partial charge < -0.3 is 10.6 Å². The summed E-state index contributed by atoms with van der Waals surface area (Å²) < 4.78 is 0. The van der Waals surface area contributed by atoms with E-state index in [9.17, 15) is 9.59 Å². The van der Waals surface area contributed by atoms with Gasteiger partial charge in [-0.05, 0) is 51.0 Å². The van der Waals surface area contributed by atoms with Crippen LogP contribution in [0.2, 0.25) is 0 Å². The van der Waals surface area contributed by atoms with Crippen molar-refractivity contribution in [2.24, 2.45) is 5.41 Å². The Kier molecular flexibility index (Phi) is 4.95. The standard InChI is InChI=1S/C22H23N3O2/c1-14-8-5-9-15(2)18(14)25-21(27)22(3,4)20(26)24-17-12-6-10-16-11-7-13-23-19(16)17/h5-13H,1-4H3,(H,24,26)(H,25,27). The predicted molar refractivity (Wildman–Crippen MR) is 109 cm³/mol. The molecule has 0 aliphatic carbocycles. The van der Waals surface area contributed by atoms with E-state index in [0.29, 0.717) is 11.2 Å². The summed E-state index contributed by atoms with van der Waals surface area (Å²) in [6.07, 6.45) is 1.68. The Labute approximate surface area is 158 Å². The van der Waals surface area contributed by atoms with E-state index in [1.807, 2.05) is 56.3 Å². The first-order chi connectivity index (χ1) is 12.8. The number of carbonyl (C=O) groups excluding carboxylic acids is 2. The molecule has 5 nitrogen and oxygen atoms in total. The summed E-state index contributed by atoms with van der Waals surface area (Å²) in [5, 5.41) is 6.69. The monoisotopic (exact) mass is 361 g/mol. The van der Waals surface area contributed by atoms with Gasteiger partial charge in [-0.3, -0.25) is 14.6 Å². The number of nitrogens with one attached hydrogen (secondary N) is 2. The topological polar surface area (TPSA) is 71.1 Å². The molecule has 0 spiro atoms. The van der Waals surface area contributed by atoms with E-state index in [4.69, 9.17) is 0 Å². The molecule has 0 bridgehead atoms. The van der Waals surface area contributed by atoms with E-state index in [1.54, 1.807) is 26.1 Å². The molecule has 5 heteroatoms. The molecule has 1 aromatic heterocycles. The second-order valence-corrected chi connectivity index (χ2v) is 7.18. The number of hydrogen-bond acceptors (Lipinski definition) is 3. The summed E-state index contributed by atoms with van der Waals surface area (Å²) in [4.78, 5) is 30.1. The molecule has 0 atom stereocenters. The van der Waals surface area contributed by atoms with Crippen molar-refractivity contribution in [1.29, 1.82) is 0 Å². The molecule has 1 heterocycles. The molecule has 0 saturated carbocycles. The Balaban J connectivity index is 1.83. The number of aryl methyl sites for hydroxylation is 2. The number of anilines is 2. The van der Waals surface area contributed by atoms with Gasteiger partial charge in [-0.25, -0.2) is 0 Å². The number of amides is 2. The Bertz CT molecular complexity index is 999. The number of para-hydroxylation sites is 2. The minimum Gasteiger partial charge on any atom is -0.325 e. The smallest absolute Gasteiger partial charge is 0.239 e. The predicted octanol–water partition coefficient (Wildman–Crippen LogP) is 4.46. The van der Waals surface area contributed by atoms with Gasteiger partial charge in [0.25, 0.3) is 0 Å². The zero-order chi connectivity index (χ0) is 19.6. The number of nitrogens with zero attached hydrogens (tertiary/aromatic N) is 1. The molecule has 0 saturated heterocycles. The number of carbonyl (C=O) groups is 2. The van der Waals surface area contributed by atoms with Crippen LogP contribution in [0.4, 0.5) is 11.4 Å². The van der Waals surface area contributed by atoms with Crippen molar-refractivity contribution in [3.63, 3.8) is 0 Å². The zero-order valence-electron chi connectivity index (χ0n) is 16.0. The number of benzene rings is 2. The van der Waals surface area contributed by atoms with Crippen LogP contribution < -0.4 is 10.6 Å². The van der Waals surface area contributed by atoms with Crippen LogP contribution in [-0.4, -0.2) is 16.8 Å². The third-order valence-corrected chi connectivity index (χ3v) is 4.74.